The first kappa shape index (κ1) is 16.1. The summed E-state index contributed by atoms with van der Waals surface area (Å²) in [6.45, 7) is 7.91. The Labute approximate surface area is 119 Å². The lowest BCUT2D eigenvalue weighted by molar-refractivity contribution is -0.148. The Bertz CT molecular complexity index is 340. The molecule has 19 heavy (non-hydrogen) atoms. The van der Waals surface area contributed by atoms with Gasteiger partial charge in [-0.1, -0.05) is 11.6 Å². The van der Waals surface area contributed by atoms with Gasteiger partial charge in [0.2, 0.25) is 0 Å². The monoisotopic (exact) mass is 291 g/mol. The van der Waals surface area contributed by atoms with Gasteiger partial charge < -0.3 is 14.4 Å². The molecule has 1 rings (SSSR count). The zero-order valence-electron chi connectivity index (χ0n) is 11.9. The van der Waals surface area contributed by atoms with Crippen LogP contribution in [0.25, 0.3) is 0 Å². The van der Waals surface area contributed by atoms with E-state index in [2.05, 4.69) is 0 Å². The van der Waals surface area contributed by atoms with Crippen molar-refractivity contribution < 1.29 is 19.1 Å². The fourth-order valence-corrected chi connectivity index (χ4v) is 2.26. The second-order valence-electron chi connectivity index (χ2n) is 5.82. The van der Waals surface area contributed by atoms with Crippen molar-refractivity contribution >= 4 is 23.7 Å². The number of rotatable bonds is 2. The van der Waals surface area contributed by atoms with Gasteiger partial charge >= 0.3 is 12.1 Å². The van der Waals surface area contributed by atoms with Gasteiger partial charge in [-0.3, -0.25) is 4.79 Å². The molecule has 1 saturated heterocycles. The summed E-state index contributed by atoms with van der Waals surface area (Å²) in [6, 6.07) is -0.170. The molecule has 1 fully saturated rings. The molecule has 0 spiro atoms. The van der Waals surface area contributed by atoms with Crippen LogP contribution in [-0.2, 0) is 14.3 Å². The molecular formula is C13H22ClNO4. The van der Waals surface area contributed by atoms with E-state index in [0.29, 0.717) is 19.4 Å². The third-order valence-electron chi connectivity index (χ3n) is 3.03. The molecule has 1 heterocycles. The number of carbonyl (C=O) groups excluding carboxylic acids is 2. The van der Waals surface area contributed by atoms with Crippen molar-refractivity contribution in [1.82, 2.24) is 4.90 Å². The van der Waals surface area contributed by atoms with E-state index >= 15 is 0 Å². The highest BCUT2D eigenvalue weighted by Gasteiger charge is 2.35. The van der Waals surface area contributed by atoms with Crippen LogP contribution in [0, 0.1) is 5.92 Å². The van der Waals surface area contributed by atoms with Crippen molar-refractivity contribution in [1.29, 1.82) is 0 Å². The fraction of sp³-hybridized carbons (Fsp3) is 0.846. The summed E-state index contributed by atoms with van der Waals surface area (Å²) in [7, 11) is 0. The number of carbonyl (C=O) groups is 2. The van der Waals surface area contributed by atoms with Crippen LogP contribution in [0.4, 0.5) is 4.79 Å². The van der Waals surface area contributed by atoms with Gasteiger partial charge in [0, 0.05) is 12.6 Å². The summed E-state index contributed by atoms with van der Waals surface area (Å²) < 4.78 is 10.1. The maximum atomic E-state index is 12.0. The summed E-state index contributed by atoms with van der Waals surface area (Å²) >= 11 is 5.38. The number of hydrogen-bond acceptors (Lipinski definition) is 4. The summed E-state index contributed by atoms with van der Waals surface area (Å²) in [6.07, 6.45) is 0.832. The Balaban J connectivity index is 2.55. The first-order valence-electron chi connectivity index (χ1n) is 6.47. The molecule has 2 atom stereocenters. The summed E-state index contributed by atoms with van der Waals surface area (Å²) in [4.78, 5) is 25.3. The molecule has 0 aromatic carbocycles. The van der Waals surface area contributed by atoms with Crippen molar-refractivity contribution in [3.05, 3.63) is 0 Å². The van der Waals surface area contributed by atoms with Crippen molar-refractivity contribution in [2.75, 3.05) is 12.6 Å². The van der Waals surface area contributed by atoms with Crippen LogP contribution < -0.4 is 0 Å². The number of piperidine rings is 1. The fourth-order valence-electron chi connectivity index (χ4n) is 2.15. The van der Waals surface area contributed by atoms with Gasteiger partial charge in [-0.2, -0.15) is 0 Å². The number of nitrogens with zero attached hydrogens (tertiary/aromatic N) is 1. The number of ether oxygens (including phenoxy) is 2. The number of alkyl halides is 1. The van der Waals surface area contributed by atoms with Crippen LogP contribution in [0.15, 0.2) is 0 Å². The number of likely N-dealkylation sites (tertiary alicyclic amines) is 1. The summed E-state index contributed by atoms with van der Waals surface area (Å²) in [5.41, 5.74) is -0.509. The Hall–Kier alpha value is -0.970. The maximum Gasteiger partial charge on any atom is 0.410 e. The molecule has 2 unspecified atom stereocenters. The molecule has 5 nitrogen and oxygen atoms in total. The van der Waals surface area contributed by atoms with Crippen molar-refractivity contribution in [3.63, 3.8) is 0 Å². The molecule has 1 aliphatic rings. The molecular weight excluding hydrogens is 270 g/mol. The molecule has 0 N–H and O–H groups in total. The summed E-state index contributed by atoms with van der Waals surface area (Å²) in [5.74, 6) is -0.474. The van der Waals surface area contributed by atoms with E-state index in [4.69, 9.17) is 21.1 Å². The van der Waals surface area contributed by atoms with E-state index in [9.17, 15) is 9.59 Å². The summed E-state index contributed by atoms with van der Waals surface area (Å²) in [5, 5.41) is 0. The minimum atomic E-state index is -0.509. The molecule has 0 aliphatic carbocycles. The van der Waals surface area contributed by atoms with E-state index in [-0.39, 0.29) is 30.1 Å². The van der Waals surface area contributed by atoms with E-state index in [0.717, 1.165) is 0 Å². The highest BCUT2D eigenvalue weighted by atomic mass is 35.5. The standard InChI is InChI=1S/C13H22ClNO4/c1-9-7-10(11(16)18-8-14)5-6-15(9)12(17)19-13(2,3)4/h9-10H,5-8H2,1-4H3. The maximum absolute atomic E-state index is 12.0. The minimum absolute atomic E-state index is 0.0449. The van der Waals surface area contributed by atoms with Crippen LogP contribution in [0.5, 0.6) is 0 Å². The molecule has 0 bridgehead atoms. The number of halogens is 1. The van der Waals surface area contributed by atoms with E-state index in [1.54, 1.807) is 4.90 Å². The molecule has 110 valence electrons. The van der Waals surface area contributed by atoms with Crippen LogP contribution in [0.1, 0.15) is 40.5 Å². The molecule has 0 radical (unpaired) electrons. The lowest BCUT2D eigenvalue weighted by Crippen LogP contribution is -2.48. The van der Waals surface area contributed by atoms with Crippen molar-refractivity contribution in [2.24, 2.45) is 5.92 Å². The third-order valence-corrected chi connectivity index (χ3v) is 3.14. The first-order valence-corrected chi connectivity index (χ1v) is 7.00. The van der Waals surface area contributed by atoms with Gasteiger partial charge in [0.05, 0.1) is 5.92 Å². The van der Waals surface area contributed by atoms with E-state index in [1.165, 1.54) is 0 Å². The van der Waals surface area contributed by atoms with Crippen LogP contribution in [0.2, 0.25) is 0 Å². The average molecular weight is 292 g/mol. The van der Waals surface area contributed by atoms with Crippen LogP contribution >= 0.6 is 11.6 Å². The predicted octanol–water partition coefficient (Wildman–Crippen LogP) is 2.76. The number of hydrogen-bond donors (Lipinski definition) is 0. The highest BCUT2D eigenvalue weighted by molar-refractivity contribution is 6.17. The molecule has 6 heteroatoms. The Morgan fingerprint density at radius 3 is 2.47 bits per heavy atom. The van der Waals surface area contributed by atoms with E-state index < -0.39 is 5.60 Å². The highest BCUT2D eigenvalue weighted by Crippen LogP contribution is 2.25. The van der Waals surface area contributed by atoms with Gasteiger partial charge in [0.1, 0.15) is 5.60 Å². The Morgan fingerprint density at radius 2 is 2.00 bits per heavy atom. The Morgan fingerprint density at radius 1 is 1.37 bits per heavy atom. The first-order chi connectivity index (χ1) is 8.74. The van der Waals surface area contributed by atoms with Crippen molar-refractivity contribution in [3.8, 4) is 0 Å². The van der Waals surface area contributed by atoms with Gasteiger partial charge in [-0.25, -0.2) is 4.79 Å². The smallest absolute Gasteiger partial charge is 0.410 e. The third kappa shape index (κ3) is 4.90. The molecule has 1 aliphatic heterocycles. The molecule has 0 aromatic heterocycles. The zero-order chi connectivity index (χ0) is 14.6. The Kier molecular flexibility index (Phi) is 5.47. The number of amides is 1. The lowest BCUT2D eigenvalue weighted by atomic mass is 9.92. The molecule has 0 saturated carbocycles. The SMILES string of the molecule is CC1CC(C(=O)OCCl)CCN1C(=O)OC(C)(C)C. The second-order valence-corrected chi connectivity index (χ2v) is 6.03. The molecule has 1 amide bonds. The van der Waals surface area contributed by atoms with Gasteiger partial charge in [0.15, 0.2) is 6.07 Å². The second kappa shape index (κ2) is 6.46. The van der Waals surface area contributed by atoms with Gasteiger partial charge in [-0.05, 0) is 40.5 Å². The topological polar surface area (TPSA) is 55.8 Å². The predicted molar refractivity (Wildman–Crippen MR) is 71.9 cm³/mol. The minimum Gasteiger partial charge on any atom is -0.449 e. The van der Waals surface area contributed by atoms with Crippen LogP contribution in [-0.4, -0.2) is 41.2 Å². The zero-order valence-corrected chi connectivity index (χ0v) is 12.7. The number of esters is 1. The van der Waals surface area contributed by atoms with Crippen molar-refractivity contribution in [2.45, 2.75) is 52.2 Å². The normalized spacial score (nSPS) is 23.9. The molecule has 0 aromatic rings. The average Bonchev–Trinajstić information content (AvgIpc) is 2.26. The quantitative estimate of drug-likeness (QED) is 0.580. The van der Waals surface area contributed by atoms with Gasteiger partial charge in [0.25, 0.3) is 0 Å². The van der Waals surface area contributed by atoms with Gasteiger partial charge in [-0.15, -0.1) is 0 Å². The van der Waals surface area contributed by atoms with Crippen LogP contribution in [0.3, 0.4) is 0 Å². The van der Waals surface area contributed by atoms with E-state index in [1.807, 2.05) is 27.7 Å². The lowest BCUT2D eigenvalue weighted by Gasteiger charge is -2.37. The largest absolute Gasteiger partial charge is 0.449 e.